The second kappa shape index (κ2) is 6.62. The number of fused-ring (bicyclic) bond motifs is 2. The van der Waals surface area contributed by atoms with Gasteiger partial charge in [0, 0.05) is 30.7 Å². The van der Waals surface area contributed by atoms with Crippen molar-refractivity contribution in [2.45, 2.75) is 0 Å². The highest BCUT2D eigenvalue weighted by molar-refractivity contribution is 6.09. The summed E-state index contributed by atoms with van der Waals surface area (Å²) in [5.74, 6) is 0.643. The molecule has 4 aromatic heterocycles. The lowest BCUT2D eigenvalue weighted by molar-refractivity contribution is 0.102. The average Bonchev–Trinajstić information content (AvgIpc) is 3.17. The number of nitrogens with one attached hydrogen (secondary N) is 2. The summed E-state index contributed by atoms with van der Waals surface area (Å²) in [6.07, 6.45) is 10.6. The molecule has 0 spiro atoms. The summed E-state index contributed by atoms with van der Waals surface area (Å²) in [5.41, 5.74) is 5.03. The fourth-order valence-corrected chi connectivity index (χ4v) is 3.35. The Morgan fingerprint density at radius 1 is 1.14 bits per heavy atom. The second-order valence-electron chi connectivity index (χ2n) is 6.40. The Morgan fingerprint density at radius 3 is 2.96 bits per heavy atom. The van der Waals surface area contributed by atoms with Crippen LogP contribution in [0.2, 0.25) is 0 Å². The monoisotopic (exact) mass is 368 g/mol. The molecule has 2 N–H and O–H groups in total. The number of carbonyl (C=O) groups is 1. The second-order valence-corrected chi connectivity index (χ2v) is 6.40. The van der Waals surface area contributed by atoms with Gasteiger partial charge in [-0.15, -0.1) is 0 Å². The number of hydrogen-bond donors (Lipinski definition) is 2. The maximum atomic E-state index is 12.7. The minimum absolute atomic E-state index is 0.221. The van der Waals surface area contributed by atoms with Gasteiger partial charge in [-0.05, 0) is 47.5 Å². The van der Waals surface area contributed by atoms with Gasteiger partial charge in [0.15, 0.2) is 0 Å². The van der Waals surface area contributed by atoms with Crippen molar-refractivity contribution in [3.8, 4) is 0 Å². The predicted octanol–water partition coefficient (Wildman–Crippen LogP) is 3.23. The summed E-state index contributed by atoms with van der Waals surface area (Å²) in [7, 11) is 0. The molecule has 0 atom stereocenters. The van der Waals surface area contributed by atoms with Gasteiger partial charge in [-0.25, -0.2) is 9.50 Å². The van der Waals surface area contributed by atoms with Gasteiger partial charge < -0.3 is 10.6 Å². The van der Waals surface area contributed by atoms with Crippen molar-refractivity contribution in [1.82, 2.24) is 19.6 Å². The van der Waals surface area contributed by atoms with Crippen LogP contribution in [0.4, 0.5) is 11.5 Å². The maximum absolute atomic E-state index is 12.7. The van der Waals surface area contributed by atoms with Gasteiger partial charge in [0.2, 0.25) is 0 Å². The topological polar surface area (TPSA) is 84.2 Å². The Kier molecular flexibility index (Phi) is 3.83. The lowest BCUT2D eigenvalue weighted by Gasteiger charge is -2.18. The molecule has 1 aliphatic rings. The molecule has 5 heterocycles. The van der Waals surface area contributed by atoms with Gasteiger partial charge in [-0.1, -0.05) is 6.08 Å². The molecule has 136 valence electrons. The molecular formula is C21H16N6O. The third-order valence-corrected chi connectivity index (χ3v) is 4.67. The lowest BCUT2D eigenvalue weighted by atomic mass is 9.96. The lowest BCUT2D eigenvalue weighted by Crippen LogP contribution is -2.12. The van der Waals surface area contributed by atoms with Crippen LogP contribution < -0.4 is 10.6 Å². The van der Waals surface area contributed by atoms with E-state index in [-0.39, 0.29) is 5.91 Å². The Morgan fingerprint density at radius 2 is 2.07 bits per heavy atom. The number of amides is 1. The van der Waals surface area contributed by atoms with Crippen molar-refractivity contribution in [1.29, 1.82) is 0 Å². The highest BCUT2D eigenvalue weighted by Gasteiger charge is 2.18. The normalized spacial score (nSPS) is 12.8. The van der Waals surface area contributed by atoms with Crippen molar-refractivity contribution in [3.05, 3.63) is 90.1 Å². The van der Waals surface area contributed by atoms with E-state index < -0.39 is 0 Å². The number of carbonyl (C=O) groups excluding carboxylic acids is 1. The molecule has 5 rings (SSSR count). The van der Waals surface area contributed by atoms with Crippen LogP contribution >= 0.6 is 0 Å². The zero-order chi connectivity index (χ0) is 18.9. The van der Waals surface area contributed by atoms with Crippen molar-refractivity contribution < 1.29 is 4.79 Å². The fourth-order valence-electron chi connectivity index (χ4n) is 3.35. The van der Waals surface area contributed by atoms with Crippen LogP contribution in [-0.4, -0.2) is 32.0 Å². The fraction of sp³-hybridized carbons (Fsp3) is 0.0476. The quantitative estimate of drug-likeness (QED) is 0.580. The molecule has 0 unspecified atom stereocenters. The minimum atomic E-state index is -0.221. The van der Waals surface area contributed by atoms with Crippen LogP contribution in [0.3, 0.4) is 0 Å². The molecule has 1 aliphatic heterocycles. The van der Waals surface area contributed by atoms with Gasteiger partial charge in [-0.2, -0.15) is 5.10 Å². The van der Waals surface area contributed by atoms with E-state index in [1.54, 1.807) is 41.4 Å². The van der Waals surface area contributed by atoms with Crippen molar-refractivity contribution >= 4 is 28.5 Å². The molecule has 0 fully saturated rings. The first-order valence-corrected chi connectivity index (χ1v) is 8.88. The van der Waals surface area contributed by atoms with E-state index in [0.717, 1.165) is 28.0 Å². The van der Waals surface area contributed by atoms with E-state index >= 15 is 0 Å². The number of aromatic nitrogens is 4. The van der Waals surface area contributed by atoms with Gasteiger partial charge in [0.1, 0.15) is 5.82 Å². The molecule has 4 aromatic rings. The first kappa shape index (κ1) is 16.2. The third-order valence-electron chi connectivity index (χ3n) is 4.67. The summed E-state index contributed by atoms with van der Waals surface area (Å²) in [6, 6.07) is 11.5. The van der Waals surface area contributed by atoms with Gasteiger partial charge >= 0.3 is 0 Å². The molecule has 28 heavy (non-hydrogen) atoms. The van der Waals surface area contributed by atoms with Crippen molar-refractivity contribution in [2.75, 3.05) is 17.2 Å². The van der Waals surface area contributed by atoms with E-state index in [1.165, 1.54) is 0 Å². The maximum Gasteiger partial charge on any atom is 0.259 e. The van der Waals surface area contributed by atoms with Crippen LogP contribution in [0.1, 0.15) is 21.5 Å². The Balaban J connectivity index is 1.54. The molecular weight excluding hydrogens is 352 g/mol. The summed E-state index contributed by atoms with van der Waals surface area (Å²) in [4.78, 5) is 21.2. The number of nitrogens with zero attached hydrogens (tertiary/aromatic N) is 4. The molecule has 0 saturated carbocycles. The molecule has 0 bridgehead atoms. The number of rotatable bonds is 3. The Hall–Kier alpha value is -4.00. The number of pyridine rings is 3. The predicted molar refractivity (Wildman–Crippen MR) is 107 cm³/mol. The van der Waals surface area contributed by atoms with E-state index in [0.29, 0.717) is 17.8 Å². The number of anilines is 2. The molecule has 0 aliphatic carbocycles. The van der Waals surface area contributed by atoms with Crippen LogP contribution in [0.5, 0.6) is 0 Å². The minimum Gasteiger partial charge on any atom is -0.366 e. The molecule has 0 radical (unpaired) electrons. The van der Waals surface area contributed by atoms with Crippen LogP contribution in [0.15, 0.2) is 73.5 Å². The summed E-state index contributed by atoms with van der Waals surface area (Å²) < 4.78 is 1.70. The van der Waals surface area contributed by atoms with E-state index in [4.69, 9.17) is 0 Å². The zero-order valence-corrected chi connectivity index (χ0v) is 14.8. The van der Waals surface area contributed by atoms with Crippen molar-refractivity contribution in [3.63, 3.8) is 0 Å². The van der Waals surface area contributed by atoms with Gasteiger partial charge in [0.05, 0.1) is 29.2 Å². The summed E-state index contributed by atoms with van der Waals surface area (Å²) in [5, 5.41) is 10.4. The molecule has 7 heteroatoms. The highest BCUT2D eigenvalue weighted by Crippen LogP contribution is 2.31. The van der Waals surface area contributed by atoms with Crippen LogP contribution in [0.25, 0.3) is 11.1 Å². The van der Waals surface area contributed by atoms with Crippen LogP contribution in [-0.2, 0) is 0 Å². The van der Waals surface area contributed by atoms with Crippen molar-refractivity contribution in [2.24, 2.45) is 0 Å². The molecule has 0 saturated heterocycles. The van der Waals surface area contributed by atoms with E-state index in [9.17, 15) is 4.79 Å². The first-order chi connectivity index (χ1) is 13.8. The molecule has 1 amide bonds. The standard InChI is InChI=1S/C21H16N6O/c28-21(26-15-3-1-7-22-12-15)18-13-25-27-10-6-14(11-19(18)27)16-5-9-24-20-17(16)4-2-8-23-20/h1-8,10-13H,9H2,(H,23,24)(H,26,28). The number of hydrogen-bond acceptors (Lipinski definition) is 5. The van der Waals surface area contributed by atoms with Gasteiger partial charge in [0.25, 0.3) is 5.91 Å². The largest absolute Gasteiger partial charge is 0.366 e. The summed E-state index contributed by atoms with van der Waals surface area (Å²) >= 11 is 0. The molecule has 0 aromatic carbocycles. The third kappa shape index (κ3) is 2.79. The Bertz CT molecular complexity index is 1210. The Labute approximate surface area is 160 Å². The smallest absolute Gasteiger partial charge is 0.259 e. The van der Waals surface area contributed by atoms with Gasteiger partial charge in [-0.3, -0.25) is 9.78 Å². The average molecular weight is 368 g/mol. The molecule has 7 nitrogen and oxygen atoms in total. The van der Waals surface area contributed by atoms with Crippen LogP contribution in [0, 0.1) is 0 Å². The highest BCUT2D eigenvalue weighted by atomic mass is 16.1. The van der Waals surface area contributed by atoms with E-state index in [2.05, 4.69) is 31.8 Å². The SMILES string of the molecule is O=C(Nc1cccnc1)c1cnn2ccc(C3=CCNc4ncccc43)cc12. The summed E-state index contributed by atoms with van der Waals surface area (Å²) in [6.45, 7) is 0.706. The first-order valence-electron chi connectivity index (χ1n) is 8.88. The zero-order valence-electron chi connectivity index (χ0n) is 14.8. The van der Waals surface area contributed by atoms with E-state index in [1.807, 2.05) is 30.5 Å².